The number of hydrogen-bond donors (Lipinski definition) is 1. The summed E-state index contributed by atoms with van der Waals surface area (Å²) in [6.07, 6.45) is 5.14. The van der Waals surface area contributed by atoms with Crippen molar-refractivity contribution in [2.45, 2.75) is 20.4 Å². The third-order valence-corrected chi connectivity index (χ3v) is 4.10. The fourth-order valence-corrected chi connectivity index (χ4v) is 2.90. The molecule has 0 bridgehead atoms. The molecule has 3 rings (SSSR count). The highest BCUT2D eigenvalue weighted by molar-refractivity contribution is 5.94. The molecule has 0 radical (unpaired) electrons. The molecule has 0 unspecified atom stereocenters. The van der Waals surface area contributed by atoms with Crippen molar-refractivity contribution in [3.05, 3.63) is 42.1 Å². The molecule has 7 nitrogen and oxygen atoms in total. The number of imidazole rings is 1. The molecule has 2 aromatic heterocycles. The van der Waals surface area contributed by atoms with Crippen LogP contribution >= 0.6 is 0 Å². The topological polar surface area (TPSA) is 74.4 Å². The van der Waals surface area contributed by atoms with Gasteiger partial charge < -0.3 is 19.5 Å². The zero-order valence-electron chi connectivity index (χ0n) is 14.8. The van der Waals surface area contributed by atoms with Crippen LogP contribution < -0.4 is 4.90 Å². The van der Waals surface area contributed by atoms with E-state index >= 15 is 0 Å². The first kappa shape index (κ1) is 17.4. The lowest BCUT2D eigenvalue weighted by atomic mass is 10.1. The minimum Gasteiger partial charge on any atom is -0.378 e. The predicted molar refractivity (Wildman–Crippen MR) is 95.4 cm³/mol. The van der Waals surface area contributed by atoms with Crippen LogP contribution in [0.3, 0.4) is 0 Å². The van der Waals surface area contributed by atoms with Crippen molar-refractivity contribution in [2.75, 3.05) is 37.7 Å². The fourth-order valence-electron chi connectivity index (χ4n) is 2.90. The van der Waals surface area contributed by atoms with E-state index in [1.807, 2.05) is 17.0 Å². The predicted octanol–water partition coefficient (Wildman–Crippen LogP) is 1.94. The lowest BCUT2D eigenvalue weighted by molar-refractivity contribution is 0.0718. The van der Waals surface area contributed by atoms with E-state index in [9.17, 15) is 4.79 Å². The van der Waals surface area contributed by atoms with E-state index in [-0.39, 0.29) is 5.91 Å². The van der Waals surface area contributed by atoms with Gasteiger partial charge in [-0.25, -0.2) is 9.97 Å². The molecule has 0 spiro atoms. The molecule has 0 aliphatic carbocycles. The molecular formula is C18H25N5O2. The van der Waals surface area contributed by atoms with E-state index in [1.54, 1.807) is 18.6 Å². The highest BCUT2D eigenvalue weighted by Gasteiger charge is 2.19. The maximum absolute atomic E-state index is 12.9. The number of amides is 1. The third-order valence-electron chi connectivity index (χ3n) is 4.10. The van der Waals surface area contributed by atoms with Gasteiger partial charge in [-0.1, -0.05) is 13.8 Å². The Hall–Kier alpha value is -2.41. The molecule has 1 fully saturated rings. The highest BCUT2D eigenvalue weighted by Crippen LogP contribution is 2.15. The summed E-state index contributed by atoms with van der Waals surface area (Å²) in [6.45, 7) is 8.43. The summed E-state index contributed by atoms with van der Waals surface area (Å²) in [7, 11) is 0. The maximum atomic E-state index is 12.9. The number of nitrogens with zero attached hydrogens (tertiary/aromatic N) is 4. The second-order valence-electron chi connectivity index (χ2n) is 6.62. The number of ether oxygens (including phenoxy) is 1. The number of hydrogen-bond acceptors (Lipinski definition) is 5. The summed E-state index contributed by atoms with van der Waals surface area (Å²) in [5.41, 5.74) is 0.601. The average Bonchev–Trinajstić information content (AvgIpc) is 3.14. The molecule has 1 saturated heterocycles. The monoisotopic (exact) mass is 343 g/mol. The zero-order chi connectivity index (χ0) is 17.6. The van der Waals surface area contributed by atoms with Crippen molar-refractivity contribution < 1.29 is 9.53 Å². The number of pyridine rings is 1. The SMILES string of the molecule is CC(C)CN(Cc1ncc[nH]1)C(=O)c1ccc(N2CCOCC2)nc1. The molecule has 1 N–H and O–H groups in total. The first-order chi connectivity index (χ1) is 12.1. The number of aromatic nitrogens is 3. The third kappa shape index (κ3) is 4.57. The molecule has 1 aliphatic heterocycles. The van der Waals surface area contributed by atoms with Crippen molar-refractivity contribution in [3.8, 4) is 0 Å². The van der Waals surface area contributed by atoms with Gasteiger partial charge in [0.15, 0.2) is 0 Å². The number of H-pyrrole nitrogens is 1. The van der Waals surface area contributed by atoms with Gasteiger partial charge in [0.05, 0.1) is 25.3 Å². The van der Waals surface area contributed by atoms with Crippen molar-refractivity contribution in [1.29, 1.82) is 0 Å². The van der Waals surface area contributed by atoms with E-state index in [4.69, 9.17) is 4.74 Å². The Balaban J connectivity index is 1.71. The normalized spacial score (nSPS) is 14.8. The van der Waals surface area contributed by atoms with Crippen LogP contribution in [0.4, 0.5) is 5.82 Å². The van der Waals surface area contributed by atoms with E-state index in [2.05, 4.69) is 33.7 Å². The second kappa shape index (κ2) is 8.11. The van der Waals surface area contributed by atoms with E-state index in [0.29, 0.717) is 37.8 Å². The molecule has 134 valence electrons. The molecule has 0 atom stereocenters. The molecule has 2 aromatic rings. The summed E-state index contributed by atoms with van der Waals surface area (Å²) in [6, 6.07) is 3.77. The van der Waals surface area contributed by atoms with Crippen LogP contribution in [0, 0.1) is 5.92 Å². The van der Waals surface area contributed by atoms with Gasteiger partial charge >= 0.3 is 0 Å². The van der Waals surface area contributed by atoms with Crippen molar-refractivity contribution in [2.24, 2.45) is 5.92 Å². The van der Waals surface area contributed by atoms with Crippen molar-refractivity contribution in [1.82, 2.24) is 19.9 Å². The highest BCUT2D eigenvalue weighted by atomic mass is 16.5. The smallest absolute Gasteiger partial charge is 0.255 e. The summed E-state index contributed by atoms with van der Waals surface area (Å²) in [5, 5.41) is 0. The van der Waals surface area contributed by atoms with Crippen LogP contribution in [0.25, 0.3) is 0 Å². The molecule has 3 heterocycles. The number of anilines is 1. The Morgan fingerprint density at radius 1 is 1.32 bits per heavy atom. The van der Waals surface area contributed by atoms with Gasteiger partial charge in [-0.3, -0.25) is 4.79 Å². The van der Waals surface area contributed by atoms with E-state index in [0.717, 1.165) is 24.7 Å². The number of nitrogens with one attached hydrogen (secondary N) is 1. The Morgan fingerprint density at radius 3 is 2.72 bits per heavy atom. The molecule has 1 aliphatic rings. The van der Waals surface area contributed by atoms with Crippen LogP contribution in [-0.4, -0.2) is 58.6 Å². The average molecular weight is 343 g/mol. The molecular weight excluding hydrogens is 318 g/mol. The van der Waals surface area contributed by atoms with Crippen LogP contribution in [0.2, 0.25) is 0 Å². The van der Waals surface area contributed by atoms with Crippen LogP contribution in [0.5, 0.6) is 0 Å². The Bertz CT molecular complexity index is 663. The quantitative estimate of drug-likeness (QED) is 0.868. The molecule has 7 heteroatoms. The maximum Gasteiger partial charge on any atom is 0.255 e. The summed E-state index contributed by atoms with van der Waals surface area (Å²) in [5.74, 6) is 2.03. The molecule has 0 aromatic carbocycles. The Kier molecular flexibility index (Phi) is 5.65. The molecule has 1 amide bonds. The minimum atomic E-state index is -0.0221. The van der Waals surface area contributed by atoms with Crippen molar-refractivity contribution in [3.63, 3.8) is 0 Å². The van der Waals surface area contributed by atoms with Gasteiger partial charge in [-0.15, -0.1) is 0 Å². The van der Waals surface area contributed by atoms with Gasteiger partial charge in [-0.05, 0) is 18.1 Å². The number of carbonyl (C=O) groups excluding carboxylic acids is 1. The number of aromatic amines is 1. The standard InChI is InChI=1S/C18H25N5O2/c1-14(2)12-23(13-16-19-5-6-20-16)18(24)15-3-4-17(21-11-15)22-7-9-25-10-8-22/h3-6,11,14H,7-10,12-13H2,1-2H3,(H,19,20). The largest absolute Gasteiger partial charge is 0.378 e. The summed E-state index contributed by atoms with van der Waals surface area (Å²) in [4.78, 5) is 28.7. The van der Waals surface area contributed by atoms with Crippen LogP contribution in [0.1, 0.15) is 30.0 Å². The van der Waals surface area contributed by atoms with Crippen LogP contribution in [0.15, 0.2) is 30.7 Å². The van der Waals surface area contributed by atoms with Gasteiger partial charge in [0.2, 0.25) is 0 Å². The summed E-state index contributed by atoms with van der Waals surface area (Å²) >= 11 is 0. The number of morpholine rings is 1. The lowest BCUT2D eigenvalue weighted by Crippen LogP contribution is -2.37. The van der Waals surface area contributed by atoms with E-state index in [1.165, 1.54) is 0 Å². The van der Waals surface area contributed by atoms with Crippen molar-refractivity contribution >= 4 is 11.7 Å². The van der Waals surface area contributed by atoms with Gasteiger partial charge in [-0.2, -0.15) is 0 Å². The Labute approximate surface area is 148 Å². The second-order valence-corrected chi connectivity index (χ2v) is 6.62. The van der Waals surface area contributed by atoms with Gasteiger partial charge in [0.1, 0.15) is 11.6 Å². The fraction of sp³-hybridized carbons (Fsp3) is 0.500. The first-order valence-electron chi connectivity index (χ1n) is 8.70. The first-order valence-corrected chi connectivity index (χ1v) is 8.70. The van der Waals surface area contributed by atoms with Gasteiger partial charge in [0.25, 0.3) is 5.91 Å². The molecule has 25 heavy (non-hydrogen) atoms. The number of carbonyl (C=O) groups is 1. The number of rotatable bonds is 6. The minimum absolute atomic E-state index is 0.0221. The lowest BCUT2D eigenvalue weighted by Gasteiger charge is -2.28. The Morgan fingerprint density at radius 2 is 2.12 bits per heavy atom. The van der Waals surface area contributed by atoms with Gasteiger partial charge in [0, 0.05) is 38.2 Å². The van der Waals surface area contributed by atoms with Crippen LogP contribution in [-0.2, 0) is 11.3 Å². The summed E-state index contributed by atoms with van der Waals surface area (Å²) < 4.78 is 5.36. The van der Waals surface area contributed by atoms with E-state index < -0.39 is 0 Å². The molecule has 0 saturated carbocycles. The zero-order valence-corrected chi connectivity index (χ0v) is 14.8.